The molecule has 2 aromatic rings. The van der Waals surface area contributed by atoms with Crippen molar-refractivity contribution in [2.45, 2.75) is 30.6 Å². The zero-order chi connectivity index (χ0) is 23.9. The molecule has 0 aliphatic rings. The van der Waals surface area contributed by atoms with E-state index < -0.39 is 38.7 Å². The first-order chi connectivity index (χ1) is 15.0. The quantitative estimate of drug-likeness (QED) is 0.609. The molecule has 1 unspecified atom stereocenters. The monoisotopic (exact) mass is 469 g/mol. The maximum Gasteiger partial charge on any atom is 0.417 e. The van der Waals surface area contributed by atoms with Gasteiger partial charge in [-0.25, -0.2) is 8.42 Å². The van der Waals surface area contributed by atoms with Crippen molar-refractivity contribution in [2.24, 2.45) is 0 Å². The van der Waals surface area contributed by atoms with E-state index in [1.54, 1.807) is 24.3 Å². The number of nitriles is 1. The molecule has 32 heavy (non-hydrogen) atoms. The molecule has 0 spiro atoms. The summed E-state index contributed by atoms with van der Waals surface area (Å²) in [7, 11) is -3.27. The Morgan fingerprint density at radius 3 is 2.41 bits per heavy atom. The first-order valence-electron chi connectivity index (χ1n) is 9.47. The van der Waals surface area contributed by atoms with Crippen LogP contribution in [-0.2, 0) is 32.3 Å². The van der Waals surface area contributed by atoms with Crippen molar-refractivity contribution in [3.05, 3.63) is 65.2 Å². The van der Waals surface area contributed by atoms with Crippen molar-refractivity contribution < 1.29 is 31.1 Å². The number of sulfonamides is 1. The van der Waals surface area contributed by atoms with Crippen LogP contribution in [0.1, 0.15) is 23.6 Å². The second-order valence-corrected chi connectivity index (χ2v) is 8.87. The van der Waals surface area contributed by atoms with Gasteiger partial charge in [-0.3, -0.25) is 4.79 Å². The minimum absolute atomic E-state index is 0.199. The third-order valence-electron chi connectivity index (χ3n) is 4.57. The van der Waals surface area contributed by atoms with Crippen LogP contribution in [0, 0.1) is 11.3 Å². The molecule has 0 saturated heterocycles. The van der Waals surface area contributed by atoms with E-state index in [2.05, 4.69) is 5.32 Å². The highest BCUT2D eigenvalue weighted by Gasteiger charge is 2.38. The lowest BCUT2D eigenvalue weighted by atomic mass is 10.1. The lowest BCUT2D eigenvalue weighted by Gasteiger charge is -2.21. The number of alkyl halides is 3. The average Bonchev–Trinajstić information content (AvgIpc) is 2.76. The highest BCUT2D eigenvalue weighted by atomic mass is 32.2. The predicted molar refractivity (Wildman–Crippen MR) is 110 cm³/mol. The molecule has 0 aliphatic carbocycles. The Kier molecular flexibility index (Phi) is 8.38. The molecular weight excluding hydrogens is 447 g/mol. The van der Waals surface area contributed by atoms with Gasteiger partial charge in [0.2, 0.25) is 15.9 Å². The van der Waals surface area contributed by atoms with Crippen LogP contribution in [0.5, 0.6) is 0 Å². The molecule has 0 aromatic heterocycles. The van der Waals surface area contributed by atoms with Gasteiger partial charge in [0.25, 0.3) is 0 Å². The fraction of sp³-hybridized carbons (Fsp3) is 0.333. The molecule has 7 nitrogen and oxygen atoms in total. The largest absolute Gasteiger partial charge is 0.417 e. The Labute approximate surface area is 184 Å². The van der Waals surface area contributed by atoms with E-state index in [-0.39, 0.29) is 19.7 Å². The normalized spacial score (nSPS) is 12.9. The molecule has 1 amide bonds. The van der Waals surface area contributed by atoms with Crippen molar-refractivity contribution >= 4 is 15.9 Å². The highest BCUT2D eigenvalue weighted by molar-refractivity contribution is 7.89. The number of amides is 1. The van der Waals surface area contributed by atoms with Gasteiger partial charge in [-0.1, -0.05) is 24.3 Å². The van der Waals surface area contributed by atoms with E-state index in [1.165, 1.54) is 13.0 Å². The van der Waals surface area contributed by atoms with Crippen LogP contribution in [0.15, 0.2) is 53.4 Å². The number of likely N-dealkylation sites (N-methyl/N-ethyl adjacent to an activating group) is 1. The van der Waals surface area contributed by atoms with Crippen LogP contribution in [0.4, 0.5) is 13.2 Å². The van der Waals surface area contributed by atoms with E-state index in [1.807, 2.05) is 6.07 Å². The van der Waals surface area contributed by atoms with Crippen molar-refractivity contribution in [1.29, 1.82) is 5.26 Å². The SMILES string of the molecule is CC(OCCN(C)S(=O)(=O)c1ccccc1C(F)(F)F)C(=O)NCc1ccc(C#N)cc1. The number of carbonyl (C=O) groups is 1. The van der Waals surface area contributed by atoms with Crippen molar-refractivity contribution in [3.63, 3.8) is 0 Å². The topological polar surface area (TPSA) is 99.5 Å². The van der Waals surface area contributed by atoms with Crippen LogP contribution < -0.4 is 5.32 Å². The van der Waals surface area contributed by atoms with Gasteiger partial charge >= 0.3 is 6.18 Å². The summed E-state index contributed by atoms with van der Waals surface area (Å²) in [6.45, 7) is 1.24. The number of hydrogen-bond donors (Lipinski definition) is 1. The van der Waals surface area contributed by atoms with Crippen LogP contribution >= 0.6 is 0 Å². The summed E-state index contributed by atoms with van der Waals surface area (Å²) < 4.78 is 70.7. The van der Waals surface area contributed by atoms with E-state index in [0.29, 0.717) is 11.6 Å². The number of nitrogens with zero attached hydrogens (tertiary/aromatic N) is 2. The van der Waals surface area contributed by atoms with E-state index >= 15 is 0 Å². The fourth-order valence-electron chi connectivity index (χ4n) is 2.68. The minimum atomic E-state index is -4.82. The molecule has 1 atom stereocenters. The van der Waals surface area contributed by atoms with E-state index in [9.17, 15) is 26.4 Å². The fourth-order valence-corrected chi connectivity index (χ4v) is 4.04. The van der Waals surface area contributed by atoms with Crippen molar-refractivity contribution in [2.75, 3.05) is 20.2 Å². The summed E-state index contributed by atoms with van der Waals surface area (Å²) in [5.74, 6) is -0.442. The molecule has 1 N–H and O–H groups in total. The third-order valence-corrected chi connectivity index (χ3v) is 6.49. The molecule has 0 aliphatic heterocycles. The molecule has 0 heterocycles. The lowest BCUT2D eigenvalue weighted by molar-refractivity contribution is -0.140. The first-order valence-corrected chi connectivity index (χ1v) is 10.9. The smallest absolute Gasteiger partial charge is 0.367 e. The Morgan fingerprint density at radius 2 is 1.81 bits per heavy atom. The van der Waals surface area contributed by atoms with Crippen LogP contribution in [-0.4, -0.2) is 44.9 Å². The minimum Gasteiger partial charge on any atom is -0.367 e. The van der Waals surface area contributed by atoms with Crippen LogP contribution in [0.25, 0.3) is 0 Å². The van der Waals surface area contributed by atoms with Gasteiger partial charge in [-0.2, -0.15) is 22.7 Å². The molecule has 2 rings (SSSR count). The molecule has 2 aromatic carbocycles. The maximum absolute atomic E-state index is 13.2. The van der Waals surface area contributed by atoms with Gasteiger partial charge in [0, 0.05) is 20.1 Å². The summed E-state index contributed by atoms with van der Waals surface area (Å²) in [4.78, 5) is 11.3. The first kappa shape index (κ1) is 25.3. The van der Waals surface area contributed by atoms with E-state index in [0.717, 1.165) is 29.0 Å². The molecule has 0 fully saturated rings. The van der Waals surface area contributed by atoms with Gasteiger partial charge in [-0.15, -0.1) is 0 Å². The van der Waals surface area contributed by atoms with Crippen molar-refractivity contribution in [1.82, 2.24) is 9.62 Å². The third kappa shape index (κ3) is 6.53. The van der Waals surface area contributed by atoms with Crippen LogP contribution in [0.3, 0.4) is 0 Å². The Balaban J connectivity index is 1.89. The average molecular weight is 469 g/mol. The van der Waals surface area contributed by atoms with Gasteiger partial charge < -0.3 is 10.1 Å². The number of benzene rings is 2. The Bertz CT molecular complexity index is 1080. The number of ether oxygens (including phenoxy) is 1. The maximum atomic E-state index is 13.2. The second-order valence-electron chi connectivity index (χ2n) is 6.86. The number of hydrogen-bond acceptors (Lipinski definition) is 5. The molecule has 11 heteroatoms. The summed E-state index contributed by atoms with van der Waals surface area (Å²) in [6.07, 6.45) is -5.73. The molecule has 0 bridgehead atoms. The zero-order valence-electron chi connectivity index (χ0n) is 17.4. The number of nitrogens with one attached hydrogen (secondary N) is 1. The highest BCUT2D eigenvalue weighted by Crippen LogP contribution is 2.34. The zero-order valence-corrected chi connectivity index (χ0v) is 18.2. The molecule has 0 saturated carbocycles. The molecular formula is C21H22F3N3O4S. The summed E-state index contributed by atoms with van der Waals surface area (Å²) in [6, 6.07) is 12.6. The van der Waals surface area contributed by atoms with Crippen molar-refractivity contribution in [3.8, 4) is 6.07 Å². The van der Waals surface area contributed by atoms with Gasteiger partial charge in [0.1, 0.15) is 6.10 Å². The standard InChI is InChI=1S/C21H22F3N3O4S/c1-15(20(28)26-14-17-9-7-16(13-25)8-10-17)31-12-11-27(2)32(29,30)19-6-4-3-5-18(19)21(22,23)24/h3-10,15H,11-12,14H2,1-2H3,(H,26,28). The van der Waals surface area contributed by atoms with Gasteiger partial charge in [-0.05, 0) is 36.8 Å². The van der Waals surface area contributed by atoms with Gasteiger partial charge in [0.05, 0.1) is 28.7 Å². The van der Waals surface area contributed by atoms with Crippen LogP contribution in [0.2, 0.25) is 0 Å². The Hall–Kier alpha value is -2.94. The Morgan fingerprint density at radius 1 is 1.19 bits per heavy atom. The molecule has 172 valence electrons. The van der Waals surface area contributed by atoms with Gasteiger partial charge in [0.15, 0.2) is 0 Å². The van der Waals surface area contributed by atoms with E-state index in [4.69, 9.17) is 10.00 Å². The summed E-state index contributed by atoms with van der Waals surface area (Å²) >= 11 is 0. The number of rotatable bonds is 9. The predicted octanol–water partition coefficient (Wildman–Crippen LogP) is 2.92. The summed E-state index contributed by atoms with van der Waals surface area (Å²) in [5, 5.41) is 11.4. The second kappa shape index (κ2) is 10.6. The lowest BCUT2D eigenvalue weighted by Crippen LogP contribution is -2.37. The number of halogens is 3. The summed E-state index contributed by atoms with van der Waals surface area (Å²) in [5.41, 5.74) is 0.0238. The molecule has 0 radical (unpaired) electrons. The number of carbonyl (C=O) groups excluding carboxylic acids is 1.